The molecular formula is C14H18Cl2N2O2. The van der Waals surface area contributed by atoms with Crippen molar-refractivity contribution in [3.8, 4) is 0 Å². The second-order valence-corrected chi connectivity index (χ2v) is 5.24. The molecule has 1 N–H and O–H groups in total. The molecule has 0 spiro atoms. The first-order chi connectivity index (χ1) is 9.40. The monoisotopic (exact) mass is 316 g/mol. The Morgan fingerprint density at radius 1 is 1.35 bits per heavy atom. The van der Waals surface area contributed by atoms with Crippen molar-refractivity contribution in [3.05, 3.63) is 33.8 Å². The van der Waals surface area contributed by atoms with E-state index in [9.17, 15) is 9.59 Å². The molecule has 0 radical (unpaired) electrons. The van der Waals surface area contributed by atoms with Crippen LogP contribution in [0, 0.1) is 0 Å². The summed E-state index contributed by atoms with van der Waals surface area (Å²) in [4.78, 5) is 25.3. The Hall–Kier alpha value is -1.26. The molecule has 6 heteroatoms. The lowest BCUT2D eigenvalue weighted by molar-refractivity contribution is -0.140. The Labute approximate surface area is 129 Å². The van der Waals surface area contributed by atoms with Crippen LogP contribution >= 0.6 is 23.2 Å². The van der Waals surface area contributed by atoms with Crippen molar-refractivity contribution in [2.45, 2.75) is 32.9 Å². The van der Waals surface area contributed by atoms with Gasteiger partial charge in [-0.25, -0.2) is 0 Å². The molecule has 0 aliphatic rings. The van der Waals surface area contributed by atoms with E-state index in [0.717, 1.165) is 5.56 Å². The molecule has 1 aromatic rings. The van der Waals surface area contributed by atoms with Gasteiger partial charge in [0.2, 0.25) is 11.8 Å². The van der Waals surface area contributed by atoms with Crippen LogP contribution in [0.2, 0.25) is 10.0 Å². The predicted molar refractivity (Wildman–Crippen MR) is 80.8 cm³/mol. The molecule has 0 aromatic heterocycles. The van der Waals surface area contributed by atoms with Gasteiger partial charge in [-0.3, -0.25) is 9.59 Å². The van der Waals surface area contributed by atoms with E-state index >= 15 is 0 Å². The van der Waals surface area contributed by atoms with Crippen LogP contribution in [0.4, 0.5) is 0 Å². The molecule has 1 rings (SSSR count). The molecule has 1 atom stereocenters. The molecule has 110 valence electrons. The van der Waals surface area contributed by atoms with Gasteiger partial charge in [-0.05, 0) is 24.6 Å². The molecule has 0 fully saturated rings. The van der Waals surface area contributed by atoms with Gasteiger partial charge in [-0.2, -0.15) is 0 Å². The van der Waals surface area contributed by atoms with E-state index in [1.54, 1.807) is 39.1 Å². The summed E-state index contributed by atoms with van der Waals surface area (Å²) in [5.74, 6) is -0.316. The standard InChI is InChI=1S/C14H18Cl2N2O2/c1-4-13(19)18(9(2)14(20)17-3)8-10-5-6-11(15)7-12(10)16/h5-7,9H,4,8H2,1-3H3,(H,17,20)/t9-/m1/s1. The van der Waals surface area contributed by atoms with E-state index in [0.29, 0.717) is 16.5 Å². The summed E-state index contributed by atoms with van der Waals surface area (Å²) in [6, 6.07) is 4.54. The fourth-order valence-electron chi connectivity index (χ4n) is 1.83. The average Bonchev–Trinajstić information content (AvgIpc) is 2.44. The summed E-state index contributed by atoms with van der Waals surface area (Å²) in [7, 11) is 1.54. The van der Waals surface area contributed by atoms with E-state index < -0.39 is 6.04 Å². The van der Waals surface area contributed by atoms with Crippen molar-refractivity contribution in [1.82, 2.24) is 10.2 Å². The molecule has 0 saturated carbocycles. The molecular weight excluding hydrogens is 299 g/mol. The smallest absolute Gasteiger partial charge is 0.242 e. The third-order valence-electron chi connectivity index (χ3n) is 3.07. The van der Waals surface area contributed by atoms with Gasteiger partial charge < -0.3 is 10.2 Å². The van der Waals surface area contributed by atoms with Gasteiger partial charge >= 0.3 is 0 Å². The van der Waals surface area contributed by atoms with Crippen molar-refractivity contribution in [3.63, 3.8) is 0 Å². The Morgan fingerprint density at radius 3 is 2.50 bits per heavy atom. The maximum atomic E-state index is 12.0. The van der Waals surface area contributed by atoms with E-state index in [1.165, 1.54) is 4.90 Å². The first-order valence-corrected chi connectivity index (χ1v) is 7.11. The first-order valence-electron chi connectivity index (χ1n) is 6.35. The number of halogens is 2. The van der Waals surface area contributed by atoms with Gasteiger partial charge in [0.15, 0.2) is 0 Å². The third kappa shape index (κ3) is 4.12. The zero-order valence-corrected chi connectivity index (χ0v) is 13.3. The Balaban J connectivity index is 3.00. The van der Waals surface area contributed by atoms with Gasteiger partial charge in [-0.1, -0.05) is 36.2 Å². The molecule has 4 nitrogen and oxygen atoms in total. The second-order valence-electron chi connectivity index (χ2n) is 4.40. The summed E-state index contributed by atoms with van der Waals surface area (Å²) < 4.78 is 0. The van der Waals surface area contributed by atoms with E-state index in [2.05, 4.69) is 5.32 Å². The largest absolute Gasteiger partial charge is 0.357 e. The van der Waals surface area contributed by atoms with Crippen LogP contribution in [0.3, 0.4) is 0 Å². The van der Waals surface area contributed by atoms with E-state index in [-0.39, 0.29) is 18.4 Å². The number of likely N-dealkylation sites (N-methyl/N-ethyl adjacent to an activating group) is 1. The van der Waals surface area contributed by atoms with Crippen molar-refractivity contribution in [1.29, 1.82) is 0 Å². The highest BCUT2D eigenvalue weighted by Gasteiger charge is 2.24. The van der Waals surface area contributed by atoms with Crippen molar-refractivity contribution >= 4 is 35.0 Å². The number of carbonyl (C=O) groups excluding carboxylic acids is 2. The van der Waals surface area contributed by atoms with Crippen LogP contribution in [0.25, 0.3) is 0 Å². The predicted octanol–water partition coefficient (Wildman–Crippen LogP) is 2.87. The fourth-order valence-corrected chi connectivity index (χ4v) is 2.30. The quantitative estimate of drug-likeness (QED) is 0.908. The minimum absolute atomic E-state index is 0.105. The summed E-state index contributed by atoms with van der Waals surface area (Å²) >= 11 is 12.0. The lowest BCUT2D eigenvalue weighted by Gasteiger charge is -2.28. The van der Waals surface area contributed by atoms with Crippen LogP contribution in [0.15, 0.2) is 18.2 Å². The highest BCUT2D eigenvalue weighted by atomic mass is 35.5. The Morgan fingerprint density at radius 2 is 2.00 bits per heavy atom. The van der Waals surface area contributed by atoms with E-state index in [1.807, 2.05) is 0 Å². The molecule has 20 heavy (non-hydrogen) atoms. The number of hydrogen-bond donors (Lipinski definition) is 1. The van der Waals surface area contributed by atoms with Crippen molar-refractivity contribution in [2.24, 2.45) is 0 Å². The molecule has 0 aliphatic carbocycles. The zero-order valence-electron chi connectivity index (χ0n) is 11.7. The molecule has 2 amide bonds. The van der Waals surface area contributed by atoms with Crippen LogP contribution in [-0.2, 0) is 16.1 Å². The number of benzene rings is 1. The minimum atomic E-state index is -0.556. The van der Waals surface area contributed by atoms with Crippen LogP contribution in [0.5, 0.6) is 0 Å². The maximum Gasteiger partial charge on any atom is 0.242 e. The lowest BCUT2D eigenvalue weighted by Crippen LogP contribution is -2.46. The highest BCUT2D eigenvalue weighted by molar-refractivity contribution is 6.35. The zero-order chi connectivity index (χ0) is 15.3. The molecule has 0 saturated heterocycles. The van der Waals surface area contributed by atoms with Gasteiger partial charge in [0.1, 0.15) is 6.04 Å². The molecule has 0 aliphatic heterocycles. The summed E-state index contributed by atoms with van der Waals surface area (Å²) in [6.45, 7) is 3.73. The number of nitrogens with zero attached hydrogens (tertiary/aromatic N) is 1. The Bertz CT molecular complexity index is 506. The molecule has 0 unspecified atom stereocenters. The molecule has 1 aromatic carbocycles. The minimum Gasteiger partial charge on any atom is -0.357 e. The van der Waals surface area contributed by atoms with Gasteiger partial charge in [0, 0.05) is 30.1 Å². The molecule has 0 heterocycles. The van der Waals surface area contributed by atoms with Crippen LogP contribution in [0.1, 0.15) is 25.8 Å². The number of amides is 2. The van der Waals surface area contributed by atoms with Crippen LogP contribution < -0.4 is 5.32 Å². The summed E-state index contributed by atoms with van der Waals surface area (Å²) in [5, 5.41) is 3.56. The second kappa shape index (κ2) is 7.50. The normalized spacial score (nSPS) is 11.8. The first kappa shape index (κ1) is 16.8. The maximum absolute atomic E-state index is 12.0. The average molecular weight is 317 g/mol. The number of nitrogens with one attached hydrogen (secondary N) is 1. The number of rotatable bonds is 5. The summed E-state index contributed by atoms with van der Waals surface area (Å²) in [6.07, 6.45) is 0.326. The third-order valence-corrected chi connectivity index (χ3v) is 3.66. The molecule has 0 bridgehead atoms. The van der Waals surface area contributed by atoms with Crippen LogP contribution in [-0.4, -0.2) is 29.8 Å². The van der Waals surface area contributed by atoms with Crippen molar-refractivity contribution in [2.75, 3.05) is 7.05 Å². The van der Waals surface area contributed by atoms with E-state index in [4.69, 9.17) is 23.2 Å². The van der Waals surface area contributed by atoms with Gasteiger partial charge in [-0.15, -0.1) is 0 Å². The fraction of sp³-hybridized carbons (Fsp3) is 0.429. The highest BCUT2D eigenvalue weighted by Crippen LogP contribution is 2.23. The van der Waals surface area contributed by atoms with Gasteiger partial charge in [0.25, 0.3) is 0 Å². The topological polar surface area (TPSA) is 49.4 Å². The van der Waals surface area contributed by atoms with Crippen molar-refractivity contribution < 1.29 is 9.59 Å². The van der Waals surface area contributed by atoms with Gasteiger partial charge in [0.05, 0.1) is 0 Å². The SMILES string of the molecule is CCC(=O)N(Cc1ccc(Cl)cc1Cl)[C@H](C)C(=O)NC. The number of hydrogen-bond acceptors (Lipinski definition) is 2. The lowest BCUT2D eigenvalue weighted by atomic mass is 10.1. The summed E-state index contributed by atoms with van der Waals surface area (Å²) in [5.41, 5.74) is 0.758. The Kier molecular flexibility index (Phi) is 6.30. The number of carbonyl (C=O) groups is 2.